The number of nitro benzene ring substituents is 1. The predicted molar refractivity (Wildman–Crippen MR) is 86.5 cm³/mol. The molecule has 1 aliphatic carbocycles. The summed E-state index contributed by atoms with van der Waals surface area (Å²) in [5.74, 6) is -0.736. The van der Waals surface area contributed by atoms with Crippen molar-refractivity contribution in [3.05, 3.63) is 34.4 Å². The van der Waals surface area contributed by atoms with Crippen LogP contribution in [0.5, 0.6) is 0 Å². The topological polar surface area (TPSA) is 98.9 Å². The molecular weight excluding hydrogens is 381 g/mol. The number of aliphatic hydroxyl groups is 1. The van der Waals surface area contributed by atoms with Gasteiger partial charge in [-0.1, -0.05) is 0 Å². The van der Waals surface area contributed by atoms with Gasteiger partial charge in [-0.05, 0) is 0 Å². The van der Waals surface area contributed by atoms with Gasteiger partial charge < -0.3 is 0 Å². The van der Waals surface area contributed by atoms with Gasteiger partial charge in [-0.25, -0.2) is 0 Å². The van der Waals surface area contributed by atoms with Crippen LogP contribution in [-0.2, 0) is 13.3 Å². The Kier molecular flexibility index (Phi) is 4.86. The maximum absolute atomic E-state index is 12.5. The van der Waals surface area contributed by atoms with E-state index >= 15 is 0 Å². The van der Waals surface area contributed by atoms with Gasteiger partial charge in [0, 0.05) is 0 Å². The zero-order valence-corrected chi connectivity index (χ0v) is 15.3. The van der Waals surface area contributed by atoms with E-state index in [1.807, 2.05) is 13.8 Å². The number of nitrogens with zero attached hydrogens (tertiary/aromatic N) is 1. The fourth-order valence-electron chi connectivity index (χ4n) is 3.50. The van der Waals surface area contributed by atoms with Crippen molar-refractivity contribution in [1.29, 1.82) is 0 Å². The van der Waals surface area contributed by atoms with Gasteiger partial charge in [0.2, 0.25) is 0 Å². The molecular formula is C16H21NO6Se. The molecule has 0 bridgehead atoms. The molecule has 1 unspecified atom stereocenters. The molecule has 24 heavy (non-hydrogen) atoms. The minimum absolute atomic E-state index is 0.0564. The molecule has 1 heterocycles. The van der Waals surface area contributed by atoms with Crippen molar-refractivity contribution in [2.45, 2.75) is 56.1 Å². The van der Waals surface area contributed by atoms with Crippen molar-refractivity contribution in [2.24, 2.45) is 5.92 Å². The van der Waals surface area contributed by atoms with E-state index in [2.05, 4.69) is 0 Å². The van der Waals surface area contributed by atoms with Gasteiger partial charge in [0.1, 0.15) is 0 Å². The molecule has 1 aromatic carbocycles. The van der Waals surface area contributed by atoms with Crippen molar-refractivity contribution in [1.82, 2.24) is 0 Å². The van der Waals surface area contributed by atoms with Gasteiger partial charge >= 0.3 is 144 Å². The van der Waals surface area contributed by atoms with E-state index in [1.165, 1.54) is 6.07 Å². The number of para-hydroxylation sites is 1. The Morgan fingerprint density at radius 1 is 1.38 bits per heavy atom. The molecule has 1 aliphatic heterocycles. The van der Waals surface area contributed by atoms with E-state index in [0.29, 0.717) is 22.6 Å². The molecule has 5 atom stereocenters. The van der Waals surface area contributed by atoms with Crippen LogP contribution >= 0.6 is 0 Å². The monoisotopic (exact) mass is 403 g/mol. The second-order valence-corrected chi connectivity index (χ2v) is 9.92. The zero-order chi connectivity index (χ0) is 17.5. The molecule has 0 amide bonds. The van der Waals surface area contributed by atoms with E-state index in [4.69, 9.17) is 9.47 Å². The summed E-state index contributed by atoms with van der Waals surface area (Å²) in [7, 11) is 0. The summed E-state index contributed by atoms with van der Waals surface area (Å²) in [4.78, 5) is 10.5. The van der Waals surface area contributed by atoms with E-state index in [1.54, 1.807) is 18.2 Å². The summed E-state index contributed by atoms with van der Waals surface area (Å²) in [6.07, 6.45) is 0.0608. The fraction of sp³-hybridized carbons (Fsp3) is 0.625. The Bertz CT molecular complexity index is 664. The Labute approximate surface area is 144 Å². The normalized spacial score (nSPS) is 32.5. The van der Waals surface area contributed by atoms with Crippen LogP contribution in [0.1, 0.15) is 26.7 Å². The van der Waals surface area contributed by atoms with Gasteiger partial charge in [-0.2, -0.15) is 0 Å². The number of fused-ring (bicyclic) bond motifs is 1. The Hall–Kier alpha value is -1.18. The van der Waals surface area contributed by atoms with E-state index in [9.17, 15) is 19.1 Å². The van der Waals surface area contributed by atoms with Crippen LogP contribution in [0.15, 0.2) is 24.3 Å². The summed E-state index contributed by atoms with van der Waals surface area (Å²) in [6, 6.07) is 6.17. The third-order valence-corrected chi connectivity index (χ3v) is 7.58. The number of aliphatic hydroxyl groups excluding tert-OH is 1. The molecule has 3 rings (SSSR count). The van der Waals surface area contributed by atoms with Crippen LogP contribution in [0.4, 0.5) is 5.69 Å². The average molecular weight is 402 g/mol. The number of ether oxygens (including phenoxy) is 2. The molecule has 0 spiro atoms. The number of nitro groups is 1. The van der Waals surface area contributed by atoms with Gasteiger partial charge in [-0.3, -0.25) is 0 Å². The summed E-state index contributed by atoms with van der Waals surface area (Å²) in [5.41, 5.74) is -0.0882. The summed E-state index contributed by atoms with van der Waals surface area (Å²) >= 11 is -2.53. The van der Waals surface area contributed by atoms with Crippen LogP contribution in [0, 0.1) is 16.0 Å². The van der Waals surface area contributed by atoms with Gasteiger partial charge in [0.15, 0.2) is 0 Å². The van der Waals surface area contributed by atoms with Crippen LogP contribution in [0.3, 0.4) is 0 Å². The molecule has 0 radical (unpaired) electrons. The zero-order valence-electron chi connectivity index (χ0n) is 13.6. The Balaban J connectivity index is 1.61. The first-order valence-corrected chi connectivity index (χ1v) is 10.7. The fourth-order valence-corrected chi connectivity index (χ4v) is 6.32. The molecule has 1 saturated carbocycles. The van der Waals surface area contributed by atoms with Crippen LogP contribution in [0.2, 0.25) is 5.32 Å². The molecule has 2 fully saturated rings. The molecule has 132 valence electrons. The van der Waals surface area contributed by atoms with Crippen molar-refractivity contribution >= 4 is 24.0 Å². The second-order valence-electron chi connectivity index (χ2n) is 6.69. The first-order valence-electron chi connectivity index (χ1n) is 7.94. The quantitative estimate of drug-likeness (QED) is 0.456. The van der Waals surface area contributed by atoms with Crippen LogP contribution in [0.25, 0.3) is 0 Å². The summed E-state index contributed by atoms with van der Waals surface area (Å²) in [6.45, 7) is 3.64. The first-order chi connectivity index (χ1) is 11.3. The third kappa shape index (κ3) is 3.43. The average Bonchev–Trinajstić information content (AvgIpc) is 2.98. The first kappa shape index (κ1) is 17.6. The second kappa shape index (κ2) is 6.61. The van der Waals surface area contributed by atoms with E-state index in [-0.39, 0.29) is 23.8 Å². The van der Waals surface area contributed by atoms with E-state index < -0.39 is 30.6 Å². The minimum atomic E-state index is -2.53. The molecule has 2 aliphatic rings. The molecule has 1 aromatic rings. The van der Waals surface area contributed by atoms with Crippen molar-refractivity contribution in [3.8, 4) is 0 Å². The number of hydrogen-bond acceptors (Lipinski definition) is 6. The van der Waals surface area contributed by atoms with Gasteiger partial charge in [0.05, 0.1) is 0 Å². The number of hydrogen-bond donors (Lipinski definition) is 1. The molecule has 0 aromatic heterocycles. The standard InChI is InChI=1S/C16H21NO6Se/c1-16(2)22-12-9-10(14(18)15(12)23-16)7-8-24(21)13-6-4-3-5-11(13)17(19)20/h3-6,10,12,14-15,18H,7-9H2,1-2H3/t10-,12-,14-,15-,24?/m0/s1. The van der Waals surface area contributed by atoms with Crippen LogP contribution in [-0.4, -0.2) is 48.0 Å². The van der Waals surface area contributed by atoms with Gasteiger partial charge in [0.25, 0.3) is 0 Å². The number of rotatable bonds is 5. The molecule has 7 nitrogen and oxygen atoms in total. The molecule has 1 saturated heterocycles. The Morgan fingerprint density at radius 3 is 2.75 bits per heavy atom. The predicted octanol–water partition coefficient (Wildman–Crippen LogP) is 1.51. The molecule has 1 N–H and O–H groups in total. The summed E-state index contributed by atoms with van der Waals surface area (Å²) < 4.78 is 24.4. The van der Waals surface area contributed by atoms with E-state index in [0.717, 1.165) is 0 Å². The van der Waals surface area contributed by atoms with Crippen molar-refractivity contribution in [2.75, 3.05) is 0 Å². The number of benzene rings is 1. The molecule has 8 heteroatoms. The Morgan fingerprint density at radius 2 is 2.08 bits per heavy atom. The van der Waals surface area contributed by atoms with Gasteiger partial charge in [-0.15, -0.1) is 0 Å². The van der Waals surface area contributed by atoms with Crippen LogP contribution < -0.4 is 4.46 Å². The maximum atomic E-state index is 12.5. The summed E-state index contributed by atoms with van der Waals surface area (Å²) in [5, 5.41) is 21.8. The van der Waals surface area contributed by atoms with Crippen molar-refractivity contribution in [3.63, 3.8) is 0 Å². The van der Waals surface area contributed by atoms with Crippen molar-refractivity contribution < 1.29 is 23.3 Å². The third-order valence-electron chi connectivity index (χ3n) is 4.56. The SMILES string of the molecule is CC1(C)O[C@@H]2[C@@H](O)[C@@H](CC[Se](=O)c3ccccc3[N+](=O)[O-])C[C@@H]2O1.